The van der Waals surface area contributed by atoms with Gasteiger partial charge in [0.05, 0.1) is 0 Å². The topological polar surface area (TPSA) is 26.0 Å². The first-order chi connectivity index (χ1) is 8.75. The van der Waals surface area contributed by atoms with E-state index in [9.17, 15) is 0 Å². The van der Waals surface area contributed by atoms with Gasteiger partial charge in [0.25, 0.3) is 0 Å². The van der Waals surface area contributed by atoms with Gasteiger partial charge in [0.2, 0.25) is 0 Å². The Morgan fingerprint density at radius 2 is 1.89 bits per heavy atom. The van der Waals surface area contributed by atoms with E-state index in [-0.39, 0.29) is 5.38 Å². The maximum Gasteiger partial charge on any atom is 0.167 e. The standard InChI is InChI=1S/C15H12ClNO/c1-10-7-8-12-13(9-10)18-17-15(12)14(16)11-5-3-2-4-6-11/h2-9,14H,1H3. The van der Waals surface area contributed by atoms with E-state index in [1.807, 2.05) is 55.5 Å². The SMILES string of the molecule is Cc1ccc2c(C(Cl)c3ccccc3)noc2c1. The van der Waals surface area contributed by atoms with Crippen LogP contribution in [0.3, 0.4) is 0 Å². The van der Waals surface area contributed by atoms with Gasteiger partial charge in [-0.1, -0.05) is 41.6 Å². The van der Waals surface area contributed by atoms with Crippen molar-refractivity contribution in [3.63, 3.8) is 0 Å². The second-order valence-corrected chi connectivity index (χ2v) is 4.78. The smallest absolute Gasteiger partial charge is 0.167 e. The fourth-order valence-corrected chi connectivity index (χ4v) is 2.33. The molecule has 1 unspecified atom stereocenters. The molecule has 2 nitrogen and oxygen atoms in total. The highest BCUT2D eigenvalue weighted by Crippen LogP contribution is 2.33. The molecule has 1 heterocycles. The van der Waals surface area contributed by atoms with Gasteiger partial charge >= 0.3 is 0 Å². The van der Waals surface area contributed by atoms with Gasteiger partial charge < -0.3 is 4.52 Å². The molecule has 0 amide bonds. The molecular weight excluding hydrogens is 246 g/mol. The van der Waals surface area contributed by atoms with E-state index in [0.717, 1.165) is 27.8 Å². The largest absolute Gasteiger partial charge is 0.356 e. The minimum atomic E-state index is -0.282. The molecule has 0 radical (unpaired) electrons. The van der Waals surface area contributed by atoms with Gasteiger partial charge in [-0.05, 0) is 30.2 Å². The van der Waals surface area contributed by atoms with Gasteiger partial charge in [0, 0.05) is 5.39 Å². The lowest BCUT2D eigenvalue weighted by Gasteiger charge is -2.06. The predicted molar refractivity (Wildman–Crippen MR) is 72.9 cm³/mol. The molecule has 0 N–H and O–H groups in total. The summed E-state index contributed by atoms with van der Waals surface area (Å²) in [5.41, 5.74) is 3.73. The Morgan fingerprint density at radius 3 is 2.67 bits per heavy atom. The Labute approximate surface area is 110 Å². The van der Waals surface area contributed by atoms with Crippen LogP contribution in [0.15, 0.2) is 53.1 Å². The molecule has 90 valence electrons. The highest BCUT2D eigenvalue weighted by molar-refractivity contribution is 6.23. The Bertz CT molecular complexity index is 675. The van der Waals surface area contributed by atoms with Crippen LogP contribution in [-0.2, 0) is 0 Å². The molecule has 0 aliphatic heterocycles. The molecule has 1 atom stereocenters. The Balaban J connectivity index is 2.10. The van der Waals surface area contributed by atoms with Crippen LogP contribution >= 0.6 is 11.6 Å². The van der Waals surface area contributed by atoms with Crippen LogP contribution < -0.4 is 0 Å². The van der Waals surface area contributed by atoms with Crippen molar-refractivity contribution in [2.24, 2.45) is 0 Å². The molecule has 0 aliphatic rings. The summed E-state index contributed by atoms with van der Waals surface area (Å²) >= 11 is 6.47. The van der Waals surface area contributed by atoms with Crippen LogP contribution in [0.2, 0.25) is 0 Å². The van der Waals surface area contributed by atoms with Crippen molar-refractivity contribution in [3.05, 3.63) is 65.4 Å². The molecule has 0 bridgehead atoms. The molecule has 0 saturated carbocycles. The third kappa shape index (κ3) is 1.89. The van der Waals surface area contributed by atoms with Gasteiger partial charge in [-0.3, -0.25) is 0 Å². The Morgan fingerprint density at radius 1 is 1.11 bits per heavy atom. The maximum atomic E-state index is 6.47. The van der Waals surface area contributed by atoms with Gasteiger partial charge in [-0.25, -0.2) is 0 Å². The molecule has 0 spiro atoms. The first kappa shape index (κ1) is 11.3. The highest BCUT2D eigenvalue weighted by atomic mass is 35.5. The van der Waals surface area contributed by atoms with Gasteiger partial charge in [0.15, 0.2) is 5.58 Å². The van der Waals surface area contributed by atoms with Crippen molar-refractivity contribution in [3.8, 4) is 0 Å². The van der Waals surface area contributed by atoms with Gasteiger partial charge in [-0.15, -0.1) is 11.6 Å². The summed E-state index contributed by atoms with van der Waals surface area (Å²) in [6.07, 6.45) is 0. The zero-order chi connectivity index (χ0) is 12.5. The zero-order valence-corrected chi connectivity index (χ0v) is 10.7. The monoisotopic (exact) mass is 257 g/mol. The van der Waals surface area contributed by atoms with Crippen LogP contribution in [0.5, 0.6) is 0 Å². The first-order valence-corrected chi connectivity index (χ1v) is 6.24. The van der Waals surface area contributed by atoms with E-state index in [0.29, 0.717) is 0 Å². The number of nitrogens with zero attached hydrogens (tertiary/aromatic N) is 1. The minimum absolute atomic E-state index is 0.282. The van der Waals surface area contributed by atoms with Crippen molar-refractivity contribution in [1.82, 2.24) is 5.16 Å². The number of hydrogen-bond acceptors (Lipinski definition) is 2. The number of aryl methyl sites for hydroxylation is 1. The van der Waals surface area contributed by atoms with Crippen molar-refractivity contribution in [2.75, 3.05) is 0 Å². The maximum absolute atomic E-state index is 6.47. The lowest BCUT2D eigenvalue weighted by Crippen LogP contribution is -1.93. The second-order valence-electron chi connectivity index (χ2n) is 4.34. The highest BCUT2D eigenvalue weighted by Gasteiger charge is 2.18. The van der Waals surface area contributed by atoms with Crippen molar-refractivity contribution in [1.29, 1.82) is 0 Å². The van der Waals surface area contributed by atoms with E-state index in [1.54, 1.807) is 0 Å². The minimum Gasteiger partial charge on any atom is -0.356 e. The van der Waals surface area contributed by atoms with Crippen LogP contribution in [0.1, 0.15) is 22.2 Å². The summed E-state index contributed by atoms with van der Waals surface area (Å²) in [6.45, 7) is 2.02. The molecule has 0 saturated heterocycles. The fraction of sp³-hybridized carbons (Fsp3) is 0.133. The van der Waals surface area contributed by atoms with Crippen molar-refractivity contribution in [2.45, 2.75) is 12.3 Å². The average Bonchev–Trinajstić information content (AvgIpc) is 2.81. The fourth-order valence-electron chi connectivity index (χ4n) is 2.03. The lowest BCUT2D eigenvalue weighted by atomic mass is 10.1. The number of benzene rings is 2. The number of hydrogen-bond donors (Lipinski definition) is 0. The molecule has 0 aliphatic carbocycles. The zero-order valence-electron chi connectivity index (χ0n) is 9.93. The summed E-state index contributed by atoms with van der Waals surface area (Å²) in [4.78, 5) is 0. The molecule has 18 heavy (non-hydrogen) atoms. The number of alkyl halides is 1. The van der Waals surface area contributed by atoms with Crippen LogP contribution in [-0.4, -0.2) is 5.16 Å². The normalized spacial score (nSPS) is 12.8. The van der Waals surface area contributed by atoms with Gasteiger partial charge in [0.1, 0.15) is 11.1 Å². The van der Waals surface area contributed by atoms with Crippen LogP contribution in [0.25, 0.3) is 11.0 Å². The van der Waals surface area contributed by atoms with E-state index < -0.39 is 0 Å². The molecule has 2 aromatic carbocycles. The average molecular weight is 258 g/mol. The van der Waals surface area contributed by atoms with Crippen molar-refractivity contribution < 1.29 is 4.52 Å². The van der Waals surface area contributed by atoms with E-state index in [4.69, 9.17) is 16.1 Å². The van der Waals surface area contributed by atoms with Gasteiger partial charge in [-0.2, -0.15) is 0 Å². The summed E-state index contributed by atoms with van der Waals surface area (Å²) in [7, 11) is 0. The molecule has 0 fully saturated rings. The number of fused-ring (bicyclic) bond motifs is 1. The molecular formula is C15H12ClNO. The van der Waals surface area contributed by atoms with E-state index in [1.165, 1.54) is 0 Å². The summed E-state index contributed by atoms with van der Waals surface area (Å²) < 4.78 is 5.34. The molecule has 3 rings (SSSR count). The molecule has 1 aromatic heterocycles. The number of aromatic nitrogens is 1. The van der Waals surface area contributed by atoms with Crippen LogP contribution in [0, 0.1) is 6.92 Å². The van der Waals surface area contributed by atoms with Crippen molar-refractivity contribution >= 4 is 22.6 Å². The van der Waals surface area contributed by atoms with E-state index >= 15 is 0 Å². The molecule has 3 heteroatoms. The van der Waals surface area contributed by atoms with E-state index in [2.05, 4.69) is 5.16 Å². The number of halogens is 1. The third-order valence-electron chi connectivity index (χ3n) is 2.99. The Hall–Kier alpha value is -1.80. The summed E-state index contributed by atoms with van der Waals surface area (Å²) in [5.74, 6) is 0. The summed E-state index contributed by atoms with van der Waals surface area (Å²) in [6, 6.07) is 15.9. The lowest BCUT2D eigenvalue weighted by molar-refractivity contribution is 0.447. The first-order valence-electron chi connectivity index (χ1n) is 5.80. The summed E-state index contributed by atoms with van der Waals surface area (Å²) in [5, 5.41) is 4.80. The van der Waals surface area contributed by atoms with Crippen LogP contribution in [0.4, 0.5) is 0 Å². The second kappa shape index (κ2) is 4.46. The quantitative estimate of drug-likeness (QED) is 0.634. The predicted octanol–water partition coefficient (Wildman–Crippen LogP) is 4.46. The molecule has 3 aromatic rings. The Kier molecular flexibility index (Phi) is 2.80. The third-order valence-corrected chi connectivity index (χ3v) is 3.45. The number of rotatable bonds is 2.